The Morgan fingerprint density at radius 1 is 1.11 bits per heavy atom. The number of nitrogens with one attached hydrogen (secondary N) is 2. The van der Waals surface area contributed by atoms with Crippen LogP contribution >= 0.6 is 11.3 Å². The van der Waals surface area contributed by atoms with Crippen molar-refractivity contribution in [2.75, 3.05) is 23.8 Å². The van der Waals surface area contributed by atoms with Crippen molar-refractivity contribution in [2.24, 2.45) is 0 Å². The zero-order chi connectivity index (χ0) is 20.7. The topological polar surface area (TPSA) is 107 Å². The number of aromatic nitrogens is 1. The molecule has 0 radical (unpaired) electrons. The Hall–Kier alpha value is -2.78. The first-order valence-corrected chi connectivity index (χ1v) is 9.48. The van der Waals surface area contributed by atoms with Crippen LogP contribution in [0.25, 0.3) is 0 Å². The van der Waals surface area contributed by atoms with E-state index in [1.807, 2.05) is 25.1 Å². The monoisotopic (exact) mass is 405 g/mol. The molecule has 0 aliphatic rings. The van der Waals surface area contributed by atoms with Crippen molar-refractivity contribution < 1.29 is 23.9 Å². The van der Waals surface area contributed by atoms with Crippen LogP contribution in [0.2, 0.25) is 0 Å². The third-order valence-electron chi connectivity index (χ3n) is 3.34. The molecule has 1 heterocycles. The van der Waals surface area contributed by atoms with E-state index in [1.54, 1.807) is 26.8 Å². The number of carbonyl (C=O) groups is 3. The minimum Gasteiger partial charge on any atom is -0.459 e. The predicted molar refractivity (Wildman–Crippen MR) is 107 cm³/mol. The smallest absolute Gasteiger partial charge is 0.350 e. The Labute approximate surface area is 167 Å². The zero-order valence-electron chi connectivity index (χ0n) is 16.2. The number of amides is 2. The van der Waals surface area contributed by atoms with Crippen LogP contribution in [0.4, 0.5) is 10.8 Å². The highest BCUT2D eigenvalue weighted by Gasteiger charge is 2.19. The first-order valence-electron chi connectivity index (χ1n) is 8.67. The summed E-state index contributed by atoms with van der Waals surface area (Å²) in [7, 11) is 0. The Morgan fingerprint density at radius 2 is 1.79 bits per heavy atom. The van der Waals surface area contributed by atoms with Crippen LogP contribution in [-0.4, -0.2) is 42.1 Å². The molecule has 0 bridgehead atoms. The van der Waals surface area contributed by atoms with Crippen LogP contribution in [0.1, 0.15) is 34.8 Å². The summed E-state index contributed by atoms with van der Waals surface area (Å²) in [5, 5.41) is 5.50. The molecule has 0 saturated heterocycles. The SMILES string of the molecule is Cc1cccc(NC(=O)COCC(=O)Nc2nc(C)c(C(=O)OC(C)C)s2)c1. The van der Waals surface area contributed by atoms with Gasteiger partial charge in [-0.3, -0.25) is 14.9 Å². The van der Waals surface area contributed by atoms with Gasteiger partial charge in [-0.15, -0.1) is 0 Å². The van der Waals surface area contributed by atoms with Crippen molar-refractivity contribution in [1.29, 1.82) is 0 Å². The van der Waals surface area contributed by atoms with Crippen LogP contribution in [0.15, 0.2) is 24.3 Å². The maximum atomic E-state index is 12.0. The second-order valence-electron chi connectivity index (χ2n) is 6.35. The van der Waals surface area contributed by atoms with E-state index in [-0.39, 0.29) is 30.4 Å². The molecule has 8 nitrogen and oxygen atoms in total. The van der Waals surface area contributed by atoms with Crippen molar-refractivity contribution in [1.82, 2.24) is 4.98 Å². The molecular weight excluding hydrogens is 382 g/mol. The zero-order valence-corrected chi connectivity index (χ0v) is 17.0. The molecule has 0 unspecified atom stereocenters. The fraction of sp³-hybridized carbons (Fsp3) is 0.368. The van der Waals surface area contributed by atoms with Crippen molar-refractivity contribution in [3.8, 4) is 0 Å². The molecule has 150 valence electrons. The summed E-state index contributed by atoms with van der Waals surface area (Å²) >= 11 is 1.03. The number of benzene rings is 1. The van der Waals surface area contributed by atoms with Crippen LogP contribution in [0.3, 0.4) is 0 Å². The van der Waals surface area contributed by atoms with Crippen LogP contribution in [-0.2, 0) is 19.1 Å². The lowest BCUT2D eigenvalue weighted by atomic mass is 10.2. The molecule has 0 aliphatic heterocycles. The third-order valence-corrected chi connectivity index (χ3v) is 4.39. The van der Waals surface area contributed by atoms with E-state index < -0.39 is 11.9 Å². The Morgan fingerprint density at radius 3 is 2.43 bits per heavy atom. The number of hydrogen-bond donors (Lipinski definition) is 2. The molecule has 2 aromatic rings. The number of rotatable bonds is 8. The van der Waals surface area contributed by atoms with Gasteiger partial charge in [0, 0.05) is 5.69 Å². The number of nitrogens with zero attached hydrogens (tertiary/aromatic N) is 1. The highest BCUT2D eigenvalue weighted by molar-refractivity contribution is 7.17. The van der Waals surface area contributed by atoms with Gasteiger partial charge >= 0.3 is 5.97 Å². The van der Waals surface area contributed by atoms with Gasteiger partial charge in [0.1, 0.15) is 18.1 Å². The summed E-state index contributed by atoms with van der Waals surface area (Å²) in [6.45, 7) is 6.52. The first-order chi connectivity index (χ1) is 13.2. The number of hydrogen-bond acceptors (Lipinski definition) is 7. The lowest BCUT2D eigenvalue weighted by molar-refractivity contribution is -0.125. The van der Waals surface area contributed by atoms with Gasteiger partial charge in [-0.25, -0.2) is 9.78 Å². The van der Waals surface area contributed by atoms with E-state index in [1.165, 1.54) is 0 Å². The summed E-state index contributed by atoms with van der Waals surface area (Å²) in [4.78, 5) is 40.2. The van der Waals surface area contributed by atoms with Gasteiger partial charge in [0.05, 0.1) is 11.8 Å². The number of anilines is 2. The molecule has 0 saturated carbocycles. The van der Waals surface area contributed by atoms with Gasteiger partial charge in [-0.2, -0.15) is 0 Å². The molecule has 1 aromatic heterocycles. The average Bonchev–Trinajstić information content (AvgIpc) is 2.94. The van der Waals surface area contributed by atoms with E-state index >= 15 is 0 Å². The summed E-state index contributed by atoms with van der Waals surface area (Å²) in [5.74, 6) is -1.31. The fourth-order valence-corrected chi connectivity index (χ4v) is 3.08. The number of thiazole rings is 1. The second-order valence-corrected chi connectivity index (χ2v) is 7.35. The average molecular weight is 405 g/mol. The normalized spacial score (nSPS) is 10.6. The summed E-state index contributed by atoms with van der Waals surface area (Å²) in [6.07, 6.45) is -0.244. The van der Waals surface area contributed by atoms with Gasteiger partial charge in [-0.1, -0.05) is 23.5 Å². The number of aryl methyl sites for hydroxylation is 2. The molecule has 0 spiro atoms. The van der Waals surface area contributed by atoms with Crippen molar-refractivity contribution in [2.45, 2.75) is 33.8 Å². The van der Waals surface area contributed by atoms with Gasteiger partial charge in [-0.05, 0) is 45.4 Å². The van der Waals surface area contributed by atoms with Crippen molar-refractivity contribution >= 4 is 39.9 Å². The molecule has 28 heavy (non-hydrogen) atoms. The number of ether oxygens (including phenoxy) is 2. The van der Waals surface area contributed by atoms with Gasteiger partial charge in [0.25, 0.3) is 5.91 Å². The highest BCUT2D eigenvalue weighted by atomic mass is 32.1. The molecule has 9 heteroatoms. The van der Waals surface area contributed by atoms with Gasteiger partial charge in [0.15, 0.2) is 5.13 Å². The molecule has 2 N–H and O–H groups in total. The number of esters is 1. The quantitative estimate of drug-likeness (QED) is 0.654. The fourth-order valence-electron chi connectivity index (χ4n) is 2.22. The standard InChI is InChI=1S/C19H23N3O5S/c1-11(2)27-18(25)17-13(4)20-19(28-17)22-16(24)10-26-9-15(23)21-14-7-5-6-12(3)8-14/h5-8,11H,9-10H2,1-4H3,(H,21,23)(H,20,22,24). The Bertz CT molecular complexity index is 863. The van der Waals surface area contributed by atoms with Gasteiger partial charge in [0.2, 0.25) is 5.91 Å². The molecule has 1 aromatic carbocycles. The molecule has 0 aliphatic carbocycles. The van der Waals surface area contributed by atoms with E-state index in [9.17, 15) is 14.4 Å². The molecular formula is C19H23N3O5S. The molecule has 2 rings (SSSR count). The van der Waals surface area contributed by atoms with E-state index in [0.717, 1.165) is 16.9 Å². The summed E-state index contributed by atoms with van der Waals surface area (Å²) in [6, 6.07) is 7.35. The lowest BCUT2D eigenvalue weighted by Crippen LogP contribution is -2.23. The van der Waals surface area contributed by atoms with Crippen molar-refractivity contribution in [3.63, 3.8) is 0 Å². The Balaban J connectivity index is 1.78. The minimum atomic E-state index is -0.477. The summed E-state index contributed by atoms with van der Waals surface area (Å²) in [5.41, 5.74) is 2.16. The Kier molecular flexibility index (Phi) is 7.65. The maximum Gasteiger partial charge on any atom is 0.350 e. The van der Waals surface area contributed by atoms with E-state index in [2.05, 4.69) is 15.6 Å². The van der Waals surface area contributed by atoms with Gasteiger partial charge < -0.3 is 14.8 Å². The molecule has 0 fully saturated rings. The molecule has 0 atom stereocenters. The lowest BCUT2D eigenvalue weighted by Gasteiger charge is -2.07. The first kappa shape index (κ1) is 21.5. The van der Waals surface area contributed by atoms with Crippen LogP contribution in [0, 0.1) is 13.8 Å². The van der Waals surface area contributed by atoms with E-state index in [4.69, 9.17) is 9.47 Å². The third kappa shape index (κ3) is 6.75. The van der Waals surface area contributed by atoms with E-state index in [0.29, 0.717) is 16.3 Å². The van der Waals surface area contributed by atoms with Crippen LogP contribution < -0.4 is 10.6 Å². The minimum absolute atomic E-state index is 0.244. The largest absolute Gasteiger partial charge is 0.459 e. The van der Waals surface area contributed by atoms with Crippen LogP contribution in [0.5, 0.6) is 0 Å². The summed E-state index contributed by atoms with van der Waals surface area (Å²) < 4.78 is 10.3. The second kappa shape index (κ2) is 9.95. The predicted octanol–water partition coefficient (Wildman–Crippen LogP) is 2.92. The molecule has 2 amide bonds. The van der Waals surface area contributed by atoms with Crippen molar-refractivity contribution in [3.05, 3.63) is 40.4 Å². The highest BCUT2D eigenvalue weighted by Crippen LogP contribution is 2.23. The maximum absolute atomic E-state index is 12.0. The number of carbonyl (C=O) groups excluding carboxylic acids is 3.